The molecule has 0 saturated carbocycles. The van der Waals surface area contributed by atoms with Crippen molar-refractivity contribution < 1.29 is 0 Å². The molecule has 2 aromatic heterocycles. The molecule has 0 fully saturated rings. The Balaban J connectivity index is 1.15. The van der Waals surface area contributed by atoms with Gasteiger partial charge in [-0.15, -0.1) is 22.7 Å². The molecule has 0 radical (unpaired) electrons. The molecule has 2 heterocycles. The highest BCUT2D eigenvalue weighted by atomic mass is 32.1. The lowest BCUT2D eigenvalue weighted by atomic mass is 10.00. The highest BCUT2D eigenvalue weighted by Gasteiger charge is 2.12. The van der Waals surface area contributed by atoms with Crippen molar-refractivity contribution >= 4 is 52.2 Å². The molecule has 3 aromatic carbocycles. The largest absolute Gasteiger partial charge is 0.134 e. The van der Waals surface area contributed by atoms with Gasteiger partial charge >= 0.3 is 0 Å². The van der Waals surface area contributed by atoms with E-state index >= 15 is 0 Å². The molecule has 0 aliphatic heterocycles. The van der Waals surface area contributed by atoms with E-state index in [4.69, 9.17) is 0 Å². The molecule has 0 aliphatic rings. The first-order valence-corrected chi connectivity index (χ1v) is 14.9. The fourth-order valence-electron chi connectivity index (χ4n) is 5.06. The average Bonchev–Trinajstić information content (AvgIpc) is 3.41. The molecule has 0 aliphatic carbocycles. The molecular formula is C32H36S2. The molecular weight excluding hydrogens is 448 g/mol. The van der Waals surface area contributed by atoms with Crippen LogP contribution < -0.4 is 0 Å². The van der Waals surface area contributed by atoms with Crippen LogP contribution in [0, 0.1) is 0 Å². The normalized spacial score (nSPS) is 11.8. The molecule has 176 valence electrons. The van der Waals surface area contributed by atoms with Gasteiger partial charge in [-0.2, -0.15) is 0 Å². The van der Waals surface area contributed by atoms with Crippen LogP contribution in [0.15, 0.2) is 66.7 Å². The Bertz CT molecular complexity index is 1340. The second kappa shape index (κ2) is 11.5. The van der Waals surface area contributed by atoms with E-state index in [9.17, 15) is 0 Å². The second-order valence-electron chi connectivity index (χ2n) is 9.70. The number of hydrogen-bond donors (Lipinski definition) is 0. The Morgan fingerprint density at radius 3 is 1.85 bits per heavy atom. The van der Waals surface area contributed by atoms with Crippen LogP contribution in [-0.4, -0.2) is 0 Å². The van der Waals surface area contributed by atoms with Crippen LogP contribution in [0.1, 0.15) is 76.7 Å². The first-order chi connectivity index (χ1) is 16.8. The summed E-state index contributed by atoms with van der Waals surface area (Å²) in [5, 5.41) is 2.81. The van der Waals surface area contributed by atoms with Crippen LogP contribution in [-0.2, 0) is 6.42 Å². The summed E-state index contributed by atoms with van der Waals surface area (Å²) in [6.45, 7) is 2.29. The fraction of sp³-hybridized carbons (Fsp3) is 0.375. The summed E-state index contributed by atoms with van der Waals surface area (Å²) in [6, 6.07) is 25.1. The van der Waals surface area contributed by atoms with Crippen molar-refractivity contribution in [3.05, 3.63) is 72.3 Å². The molecule has 2 heteroatoms. The molecule has 0 N–H and O–H groups in total. The third kappa shape index (κ3) is 5.39. The third-order valence-electron chi connectivity index (χ3n) is 7.09. The average molecular weight is 485 g/mol. The van der Waals surface area contributed by atoms with E-state index in [1.807, 2.05) is 22.7 Å². The minimum Gasteiger partial charge on any atom is -0.134 e. The fourth-order valence-corrected chi connectivity index (χ4v) is 7.76. The zero-order valence-corrected chi connectivity index (χ0v) is 22.1. The van der Waals surface area contributed by atoms with E-state index in [-0.39, 0.29) is 0 Å². The van der Waals surface area contributed by atoms with Gasteiger partial charge in [-0.3, -0.25) is 0 Å². The van der Waals surface area contributed by atoms with Crippen molar-refractivity contribution in [2.45, 2.75) is 77.6 Å². The number of fused-ring (bicyclic) bond motifs is 5. The van der Waals surface area contributed by atoms with E-state index in [2.05, 4.69) is 73.7 Å². The van der Waals surface area contributed by atoms with Gasteiger partial charge in [0.1, 0.15) is 0 Å². The van der Waals surface area contributed by atoms with Gasteiger partial charge in [-0.1, -0.05) is 119 Å². The van der Waals surface area contributed by atoms with E-state index in [0.717, 1.165) is 0 Å². The summed E-state index contributed by atoms with van der Waals surface area (Å²) in [5.41, 5.74) is 4.14. The molecule has 0 unspecified atom stereocenters. The summed E-state index contributed by atoms with van der Waals surface area (Å²) in [7, 11) is 0. The molecule has 0 saturated heterocycles. The van der Waals surface area contributed by atoms with E-state index < -0.39 is 0 Å². The van der Waals surface area contributed by atoms with Gasteiger partial charge in [0.25, 0.3) is 0 Å². The monoisotopic (exact) mass is 484 g/mol. The standard InChI is InChI=1S/C32H36S2/c1-2-3-4-5-6-7-8-9-10-11-14-24-17-19-25(20-18-24)26-21-22-28-30(23-26)34-31-27-15-12-13-16-29(27)33-32(28)31/h12-13,15-23H,2-11,14H2,1H3. The molecule has 5 aromatic rings. The van der Waals surface area contributed by atoms with Crippen molar-refractivity contribution in [2.24, 2.45) is 0 Å². The minimum atomic E-state index is 1.21. The van der Waals surface area contributed by atoms with Crippen molar-refractivity contribution in [1.82, 2.24) is 0 Å². The van der Waals surface area contributed by atoms with Gasteiger partial charge in [0, 0.05) is 20.2 Å². The second-order valence-corrected chi connectivity index (χ2v) is 11.8. The molecule has 34 heavy (non-hydrogen) atoms. The summed E-state index contributed by atoms with van der Waals surface area (Å²) in [6.07, 6.45) is 15.2. The highest BCUT2D eigenvalue weighted by molar-refractivity contribution is 7.36. The van der Waals surface area contributed by atoms with Crippen LogP contribution >= 0.6 is 22.7 Å². The lowest BCUT2D eigenvalue weighted by molar-refractivity contribution is 0.556. The minimum absolute atomic E-state index is 1.21. The van der Waals surface area contributed by atoms with Crippen LogP contribution in [0.5, 0.6) is 0 Å². The van der Waals surface area contributed by atoms with Crippen LogP contribution in [0.3, 0.4) is 0 Å². The quantitative estimate of drug-likeness (QED) is 0.154. The first-order valence-electron chi connectivity index (χ1n) is 13.3. The van der Waals surface area contributed by atoms with Gasteiger partial charge in [0.2, 0.25) is 0 Å². The number of unbranched alkanes of at least 4 members (excludes halogenated alkanes) is 9. The van der Waals surface area contributed by atoms with Gasteiger partial charge in [0.15, 0.2) is 0 Å². The third-order valence-corrected chi connectivity index (χ3v) is 9.61. The summed E-state index contributed by atoms with van der Waals surface area (Å²) < 4.78 is 5.69. The van der Waals surface area contributed by atoms with Crippen LogP contribution in [0.2, 0.25) is 0 Å². The van der Waals surface area contributed by atoms with Gasteiger partial charge in [-0.05, 0) is 41.7 Å². The summed E-state index contributed by atoms with van der Waals surface area (Å²) >= 11 is 3.87. The Labute approximate surface area is 212 Å². The maximum Gasteiger partial charge on any atom is 0.0542 e. The van der Waals surface area contributed by atoms with Gasteiger partial charge in [0.05, 0.1) is 9.40 Å². The molecule has 0 atom stereocenters. The van der Waals surface area contributed by atoms with E-state index in [1.165, 1.54) is 117 Å². The molecule has 0 nitrogen and oxygen atoms in total. The predicted molar refractivity (Wildman–Crippen MR) is 156 cm³/mol. The summed E-state index contributed by atoms with van der Waals surface area (Å²) in [4.78, 5) is 0. The van der Waals surface area contributed by atoms with E-state index in [1.54, 1.807) is 0 Å². The number of aryl methyl sites for hydroxylation is 1. The Kier molecular flexibility index (Phi) is 7.98. The van der Waals surface area contributed by atoms with Crippen molar-refractivity contribution in [3.63, 3.8) is 0 Å². The summed E-state index contributed by atoms with van der Waals surface area (Å²) in [5.74, 6) is 0. The number of rotatable bonds is 12. The number of thiophene rings is 2. The Morgan fingerprint density at radius 1 is 0.529 bits per heavy atom. The smallest absolute Gasteiger partial charge is 0.0542 e. The van der Waals surface area contributed by atoms with E-state index in [0.29, 0.717) is 0 Å². The van der Waals surface area contributed by atoms with Gasteiger partial charge < -0.3 is 0 Å². The van der Waals surface area contributed by atoms with Crippen LogP contribution in [0.25, 0.3) is 40.7 Å². The maximum atomic E-state index is 2.39. The molecule has 0 amide bonds. The SMILES string of the molecule is CCCCCCCCCCCCc1ccc(-c2ccc3c(c2)sc2c4ccccc4sc32)cc1. The molecule has 0 spiro atoms. The van der Waals surface area contributed by atoms with Crippen molar-refractivity contribution in [3.8, 4) is 11.1 Å². The highest BCUT2D eigenvalue weighted by Crippen LogP contribution is 2.44. The Hall–Kier alpha value is -2.16. The topological polar surface area (TPSA) is 0 Å². The van der Waals surface area contributed by atoms with Gasteiger partial charge in [-0.25, -0.2) is 0 Å². The maximum absolute atomic E-state index is 2.39. The lowest BCUT2D eigenvalue weighted by Crippen LogP contribution is -1.87. The lowest BCUT2D eigenvalue weighted by Gasteiger charge is -2.06. The zero-order chi connectivity index (χ0) is 23.2. The molecule has 5 rings (SSSR count). The zero-order valence-electron chi connectivity index (χ0n) is 20.4. The number of hydrogen-bond acceptors (Lipinski definition) is 2. The predicted octanol–water partition coefficient (Wildman–Crippen LogP) is 11.4. The first kappa shape index (κ1) is 23.6. The molecule has 0 bridgehead atoms. The number of benzene rings is 3. The van der Waals surface area contributed by atoms with Crippen molar-refractivity contribution in [1.29, 1.82) is 0 Å². The Morgan fingerprint density at radius 2 is 1.12 bits per heavy atom. The van der Waals surface area contributed by atoms with Crippen molar-refractivity contribution in [2.75, 3.05) is 0 Å². The van der Waals surface area contributed by atoms with Crippen LogP contribution in [0.4, 0.5) is 0 Å².